The van der Waals surface area contributed by atoms with Crippen molar-refractivity contribution in [2.75, 3.05) is 52.5 Å². The molecule has 0 bridgehead atoms. The van der Waals surface area contributed by atoms with Crippen LogP contribution in [0.2, 0.25) is 0 Å². The fourth-order valence-corrected chi connectivity index (χ4v) is 2.66. The van der Waals surface area contributed by atoms with Gasteiger partial charge in [-0.3, -0.25) is 0 Å². The first-order valence-electron chi connectivity index (χ1n) is 10.2. The number of aliphatic imine (C=N–C) groups is 1. The summed E-state index contributed by atoms with van der Waals surface area (Å²) in [6.45, 7) is 17.8. The molecule has 0 aliphatic heterocycles. The maximum absolute atomic E-state index is 5.91. The van der Waals surface area contributed by atoms with Crippen molar-refractivity contribution in [2.45, 2.75) is 41.2 Å². The van der Waals surface area contributed by atoms with Crippen molar-refractivity contribution < 1.29 is 9.47 Å². The largest absolute Gasteiger partial charge is 0.491 e. The summed E-state index contributed by atoms with van der Waals surface area (Å²) in [5.74, 6) is 1.72. The smallest absolute Gasteiger partial charge is 0.191 e. The highest BCUT2D eigenvalue weighted by molar-refractivity contribution is 14.0. The number of nitrogens with one attached hydrogen (secondary N) is 2. The Labute approximate surface area is 188 Å². The Morgan fingerprint density at radius 3 is 2.46 bits per heavy atom. The average molecular weight is 506 g/mol. The van der Waals surface area contributed by atoms with Crippen LogP contribution < -0.4 is 15.4 Å². The Hall–Kier alpha value is -1.06. The molecule has 0 radical (unpaired) electrons. The van der Waals surface area contributed by atoms with E-state index in [2.05, 4.69) is 61.4 Å². The summed E-state index contributed by atoms with van der Waals surface area (Å²) in [5.41, 5.74) is 2.26. The van der Waals surface area contributed by atoms with Gasteiger partial charge in [0.15, 0.2) is 5.96 Å². The van der Waals surface area contributed by atoms with E-state index in [4.69, 9.17) is 14.5 Å². The van der Waals surface area contributed by atoms with Gasteiger partial charge >= 0.3 is 0 Å². The molecule has 1 rings (SSSR count). The van der Waals surface area contributed by atoms with Crippen molar-refractivity contribution in [3.8, 4) is 5.75 Å². The van der Waals surface area contributed by atoms with Gasteiger partial charge in [0.05, 0.1) is 13.2 Å². The van der Waals surface area contributed by atoms with E-state index in [-0.39, 0.29) is 24.0 Å². The van der Waals surface area contributed by atoms with Crippen molar-refractivity contribution in [3.05, 3.63) is 29.3 Å². The molecular formula is C21H39IN4O2. The number of aryl methyl sites for hydroxylation is 1. The molecule has 162 valence electrons. The summed E-state index contributed by atoms with van der Waals surface area (Å²) < 4.78 is 11.3. The van der Waals surface area contributed by atoms with Gasteiger partial charge < -0.3 is 25.0 Å². The number of guanidine groups is 1. The van der Waals surface area contributed by atoms with Crippen LogP contribution in [0.5, 0.6) is 5.75 Å². The molecule has 0 aliphatic carbocycles. The van der Waals surface area contributed by atoms with Crippen molar-refractivity contribution in [1.29, 1.82) is 0 Å². The first kappa shape index (κ1) is 26.9. The predicted molar refractivity (Wildman–Crippen MR) is 129 cm³/mol. The van der Waals surface area contributed by atoms with Crippen LogP contribution in [-0.4, -0.2) is 63.4 Å². The lowest BCUT2D eigenvalue weighted by Crippen LogP contribution is -2.41. The number of rotatable bonds is 13. The predicted octanol–water partition coefficient (Wildman–Crippen LogP) is 3.43. The van der Waals surface area contributed by atoms with Crippen molar-refractivity contribution >= 4 is 29.9 Å². The molecule has 0 atom stereocenters. The standard InChI is InChI=1S/C21H38N4O2.HI/c1-6-22-21(23-12-13-25(7-2)8-3)24-17-19-11-10-18(5)16-20(19)27-15-14-26-9-4;/h10-11,16H,6-9,12-15,17H2,1-5H3,(H2,22,23,24);1H. The lowest BCUT2D eigenvalue weighted by molar-refractivity contribution is 0.110. The van der Waals surface area contributed by atoms with Gasteiger partial charge in [0.25, 0.3) is 0 Å². The van der Waals surface area contributed by atoms with Crippen LogP contribution in [-0.2, 0) is 11.3 Å². The second kappa shape index (κ2) is 16.9. The zero-order chi connectivity index (χ0) is 19.9. The topological polar surface area (TPSA) is 58.1 Å². The summed E-state index contributed by atoms with van der Waals surface area (Å²) in [6, 6.07) is 6.26. The average Bonchev–Trinajstić information content (AvgIpc) is 2.67. The minimum atomic E-state index is 0. The van der Waals surface area contributed by atoms with Crippen molar-refractivity contribution in [1.82, 2.24) is 15.5 Å². The van der Waals surface area contributed by atoms with E-state index in [1.807, 2.05) is 6.92 Å². The van der Waals surface area contributed by atoms with E-state index in [9.17, 15) is 0 Å². The molecule has 0 aromatic heterocycles. The molecule has 0 fully saturated rings. The zero-order valence-corrected chi connectivity index (χ0v) is 20.5. The third-order valence-electron chi connectivity index (χ3n) is 4.28. The summed E-state index contributed by atoms with van der Waals surface area (Å²) in [5, 5.41) is 6.73. The Kier molecular flexibility index (Phi) is 16.2. The fraction of sp³-hybridized carbons (Fsp3) is 0.667. The van der Waals surface area contributed by atoms with E-state index in [0.717, 1.165) is 50.0 Å². The Morgan fingerprint density at radius 2 is 1.82 bits per heavy atom. The summed E-state index contributed by atoms with van der Waals surface area (Å²) in [4.78, 5) is 7.12. The van der Waals surface area contributed by atoms with Gasteiger partial charge in [0.1, 0.15) is 12.4 Å². The second-order valence-corrected chi connectivity index (χ2v) is 6.31. The Balaban J connectivity index is 0.00000729. The highest BCUT2D eigenvalue weighted by Gasteiger charge is 2.06. The van der Waals surface area contributed by atoms with E-state index in [1.165, 1.54) is 5.56 Å². The number of halogens is 1. The van der Waals surface area contributed by atoms with E-state index in [0.29, 0.717) is 26.4 Å². The molecule has 0 unspecified atom stereocenters. The van der Waals surface area contributed by atoms with Crippen LogP contribution in [0.1, 0.15) is 38.8 Å². The second-order valence-electron chi connectivity index (χ2n) is 6.31. The lowest BCUT2D eigenvalue weighted by Gasteiger charge is -2.19. The minimum absolute atomic E-state index is 0. The number of likely N-dealkylation sites (N-methyl/N-ethyl adjacent to an activating group) is 1. The maximum Gasteiger partial charge on any atom is 0.191 e. The van der Waals surface area contributed by atoms with Crippen LogP contribution in [0.3, 0.4) is 0 Å². The molecule has 0 spiro atoms. The van der Waals surface area contributed by atoms with Crippen LogP contribution in [0.25, 0.3) is 0 Å². The molecule has 0 saturated heterocycles. The molecule has 2 N–H and O–H groups in total. The van der Waals surface area contributed by atoms with Crippen LogP contribution >= 0.6 is 24.0 Å². The van der Waals surface area contributed by atoms with Crippen LogP contribution in [0.4, 0.5) is 0 Å². The van der Waals surface area contributed by atoms with E-state index in [1.54, 1.807) is 0 Å². The number of hydrogen-bond acceptors (Lipinski definition) is 4. The SMILES string of the molecule is CCNC(=NCc1ccc(C)cc1OCCOCC)NCCN(CC)CC.I. The summed E-state index contributed by atoms with van der Waals surface area (Å²) in [6.07, 6.45) is 0. The first-order chi connectivity index (χ1) is 13.1. The normalized spacial score (nSPS) is 11.3. The van der Waals surface area contributed by atoms with Crippen molar-refractivity contribution in [2.24, 2.45) is 4.99 Å². The number of nitrogens with zero attached hydrogens (tertiary/aromatic N) is 2. The minimum Gasteiger partial charge on any atom is -0.491 e. The van der Waals surface area contributed by atoms with Crippen LogP contribution in [0.15, 0.2) is 23.2 Å². The molecule has 1 aromatic rings. The molecule has 28 heavy (non-hydrogen) atoms. The van der Waals surface area contributed by atoms with Gasteiger partial charge in [-0.2, -0.15) is 0 Å². The molecule has 0 amide bonds. The van der Waals surface area contributed by atoms with Gasteiger partial charge in [-0.25, -0.2) is 4.99 Å². The Bertz CT molecular complexity index is 551. The van der Waals surface area contributed by atoms with Crippen molar-refractivity contribution in [3.63, 3.8) is 0 Å². The molecule has 1 aromatic carbocycles. The maximum atomic E-state index is 5.91. The summed E-state index contributed by atoms with van der Waals surface area (Å²) >= 11 is 0. The third-order valence-corrected chi connectivity index (χ3v) is 4.28. The van der Waals surface area contributed by atoms with Gasteiger partial charge in [0, 0.05) is 31.8 Å². The number of benzene rings is 1. The first-order valence-corrected chi connectivity index (χ1v) is 10.2. The molecule has 0 saturated carbocycles. The number of ether oxygens (including phenoxy) is 2. The van der Waals surface area contributed by atoms with Gasteiger partial charge in [-0.15, -0.1) is 24.0 Å². The molecule has 6 nitrogen and oxygen atoms in total. The monoisotopic (exact) mass is 506 g/mol. The highest BCUT2D eigenvalue weighted by Crippen LogP contribution is 2.21. The fourth-order valence-electron chi connectivity index (χ4n) is 2.66. The van der Waals surface area contributed by atoms with E-state index < -0.39 is 0 Å². The molecule has 0 heterocycles. The lowest BCUT2D eigenvalue weighted by atomic mass is 10.1. The molecule has 0 aliphatic rings. The van der Waals surface area contributed by atoms with Gasteiger partial charge in [-0.1, -0.05) is 26.0 Å². The highest BCUT2D eigenvalue weighted by atomic mass is 127. The quantitative estimate of drug-likeness (QED) is 0.186. The van der Waals surface area contributed by atoms with E-state index >= 15 is 0 Å². The Morgan fingerprint density at radius 1 is 1.07 bits per heavy atom. The van der Waals surface area contributed by atoms with Crippen LogP contribution in [0, 0.1) is 6.92 Å². The third kappa shape index (κ3) is 11.1. The summed E-state index contributed by atoms with van der Waals surface area (Å²) in [7, 11) is 0. The number of hydrogen-bond donors (Lipinski definition) is 2. The van der Waals surface area contributed by atoms with Gasteiger partial charge in [0.2, 0.25) is 0 Å². The zero-order valence-electron chi connectivity index (χ0n) is 18.2. The molecule has 7 heteroatoms. The van der Waals surface area contributed by atoms with Gasteiger partial charge in [-0.05, 0) is 45.5 Å². The molecular weight excluding hydrogens is 467 g/mol.